The van der Waals surface area contributed by atoms with Gasteiger partial charge in [-0.25, -0.2) is 4.79 Å². The van der Waals surface area contributed by atoms with Crippen LogP contribution in [0.2, 0.25) is 0 Å². The Morgan fingerprint density at radius 3 is 2.33 bits per heavy atom. The number of urea groups is 1. The average molecular weight is 370 g/mol. The van der Waals surface area contributed by atoms with E-state index in [0.29, 0.717) is 13.2 Å². The summed E-state index contributed by atoms with van der Waals surface area (Å²) in [6, 6.07) is 11.9. The first-order chi connectivity index (χ1) is 12.9. The zero-order valence-electron chi connectivity index (χ0n) is 17.1. The van der Waals surface area contributed by atoms with Crippen molar-refractivity contribution in [3.63, 3.8) is 0 Å². The fraction of sp³-hybridized carbons (Fsp3) is 0.409. The number of aryl methyl sites for hydroxylation is 3. The second-order valence-electron chi connectivity index (χ2n) is 6.65. The number of carbonyl (C=O) groups excluding carboxylic acids is 1. The molecule has 0 spiro atoms. The van der Waals surface area contributed by atoms with E-state index in [-0.39, 0.29) is 6.03 Å². The number of carbonyl (C=O) groups is 1. The number of benzene rings is 2. The molecular formula is C22H31N3O2. The van der Waals surface area contributed by atoms with Crippen molar-refractivity contribution in [2.24, 2.45) is 0 Å². The van der Waals surface area contributed by atoms with Crippen LogP contribution in [0.4, 0.5) is 16.2 Å². The highest BCUT2D eigenvalue weighted by Crippen LogP contribution is 2.22. The predicted molar refractivity (Wildman–Crippen MR) is 113 cm³/mol. The summed E-state index contributed by atoms with van der Waals surface area (Å²) in [5, 5.41) is 5.73. The molecule has 2 aromatic rings. The van der Waals surface area contributed by atoms with Gasteiger partial charge in [-0.1, -0.05) is 6.07 Å². The molecule has 0 aliphatic heterocycles. The first kappa shape index (κ1) is 20.6. The molecule has 2 rings (SSSR count). The lowest BCUT2D eigenvalue weighted by molar-refractivity contribution is 0.247. The summed E-state index contributed by atoms with van der Waals surface area (Å²) >= 11 is 0. The predicted octanol–water partition coefficient (Wildman–Crippen LogP) is 4.66. The molecule has 27 heavy (non-hydrogen) atoms. The Morgan fingerprint density at radius 1 is 0.963 bits per heavy atom. The Morgan fingerprint density at radius 2 is 1.70 bits per heavy atom. The van der Waals surface area contributed by atoms with E-state index in [1.54, 1.807) is 0 Å². The fourth-order valence-corrected chi connectivity index (χ4v) is 2.88. The van der Waals surface area contributed by atoms with E-state index in [9.17, 15) is 4.79 Å². The summed E-state index contributed by atoms with van der Waals surface area (Å²) in [7, 11) is 0. The van der Waals surface area contributed by atoms with Crippen LogP contribution in [0.1, 0.15) is 30.5 Å². The van der Waals surface area contributed by atoms with E-state index < -0.39 is 0 Å². The van der Waals surface area contributed by atoms with Crippen molar-refractivity contribution in [2.45, 2.75) is 34.6 Å². The van der Waals surface area contributed by atoms with E-state index in [4.69, 9.17) is 4.74 Å². The van der Waals surface area contributed by atoms with Crippen molar-refractivity contribution in [3.05, 3.63) is 53.1 Å². The molecule has 0 radical (unpaired) electrons. The van der Waals surface area contributed by atoms with Crippen LogP contribution in [0.25, 0.3) is 0 Å². The first-order valence-corrected chi connectivity index (χ1v) is 9.55. The third kappa shape index (κ3) is 5.91. The molecule has 146 valence electrons. The summed E-state index contributed by atoms with van der Waals surface area (Å²) in [6.07, 6.45) is 0. The Hall–Kier alpha value is -2.69. The number of hydrogen-bond donors (Lipinski definition) is 2. The van der Waals surface area contributed by atoms with Gasteiger partial charge in [-0.2, -0.15) is 0 Å². The summed E-state index contributed by atoms with van der Waals surface area (Å²) in [4.78, 5) is 14.4. The van der Waals surface area contributed by atoms with E-state index in [1.807, 2.05) is 37.3 Å². The highest BCUT2D eigenvalue weighted by Gasteiger charge is 2.07. The maximum absolute atomic E-state index is 12.1. The Kier molecular flexibility index (Phi) is 7.53. The Bertz CT molecular complexity index is 770. The third-order valence-corrected chi connectivity index (χ3v) is 4.72. The normalized spacial score (nSPS) is 10.4. The van der Waals surface area contributed by atoms with Crippen LogP contribution < -0.4 is 20.3 Å². The summed E-state index contributed by atoms with van der Waals surface area (Å²) in [6.45, 7) is 13.2. The largest absolute Gasteiger partial charge is 0.492 e. The van der Waals surface area contributed by atoms with E-state index in [1.165, 1.54) is 16.8 Å². The number of hydrogen-bond acceptors (Lipinski definition) is 3. The fourth-order valence-electron chi connectivity index (χ4n) is 2.88. The zero-order valence-corrected chi connectivity index (χ0v) is 17.1. The average Bonchev–Trinajstić information content (AvgIpc) is 2.65. The van der Waals surface area contributed by atoms with Crippen molar-refractivity contribution in [1.29, 1.82) is 0 Å². The third-order valence-electron chi connectivity index (χ3n) is 4.72. The number of nitrogens with one attached hydrogen (secondary N) is 2. The van der Waals surface area contributed by atoms with Gasteiger partial charge in [0.25, 0.3) is 0 Å². The summed E-state index contributed by atoms with van der Waals surface area (Å²) in [5.74, 6) is 0.822. The van der Waals surface area contributed by atoms with Crippen LogP contribution in [0, 0.1) is 20.8 Å². The first-order valence-electron chi connectivity index (χ1n) is 9.55. The van der Waals surface area contributed by atoms with Crippen LogP contribution in [0.15, 0.2) is 36.4 Å². The lowest BCUT2D eigenvalue weighted by atomic mass is 10.1. The molecule has 2 aromatic carbocycles. The molecule has 0 heterocycles. The zero-order chi connectivity index (χ0) is 19.8. The van der Waals surface area contributed by atoms with Gasteiger partial charge in [0.15, 0.2) is 0 Å². The molecule has 0 aromatic heterocycles. The Balaban J connectivity index is 1.80. The van der Waals surface area contributed by atoms with Gasteiger partial charge in [0.05, 0.1) is 6.54 Å². The highest BCUT2D eigenvalue weighted by atomic mass is 16.5. The minimum Gasteiger partial charge on any atom is -0.492 e. The maximum Gasteiger partial charge on any atom is 0.319 e. The van der Waals surface area contributed by atoms with Crippen LogP contribution in [0.5, 0.6) is 5.75 Å². The van der Waals surface area contributed by atoms with Gasteiger partial charge in [-0.05, 0) is 81.6 Å². The van der Waals surface area contributed by atoms with Gasteiger partial charge in [0.1, 0.15) is 12.4 Å². The van der Waals surface area contributed by atoms with Crippen molar-refractivity contribution in [1.82, 2.24) is 5.32 Å². The standard InChI is InChI=1S/C22H31N3O2/c1-6-25(7-2)19-9-11-21(18(5)14-19)24-22(26)23-12-13-27-20-10-8-16(3)17(4)15-20/h8-11,14-15H,6-7,12-13H2,1-5H3,(H2,23,24,26). The number of anilines is 2. The maximum atomic E-state index is 12.1. The van der Waals surface area contributed by atoms with E-state index >= 15 is 0 Å². The molecule has 0 unspecified atom stereocenters. The van der Waals surface area contributed by atoms with Crippen LogP contribution in [-0.4, -0.2) is 32.3 Å². The number of ether oxygens (including phenoxy) is 1. The van der Waals surface area contributed by atoms with Crippen molar-refractivity contribution < 1.29 is 9.53 Å². The van der Waals surface area contributed by atoms with Crippen LogP contribution in [-0.2, 0) is 0 Å². The molecule has 0 aliphatic rings. The summed E-state index contributed by atoms with van der Waals surface area (Å²) < 4.78 is 5.68. The number of amides is 2. The van der Waals surface area contributed by atoms with Crippen LogP contribution in [0.3, 0.4) is 0 Å². The SMILES string of the molecule is CCN(CC)c1ccc(NC(=O)NCCOc2ccc(C)c(C)c2)c(C)c1. The number of nitrogens with zero attached hydrogens (tertiary/aromatic N) is 1. The van der Waals surface area contributed by atoms with Crippen molar-refractivity contribution in [3.8, 4) is 5.75 Å². The second-order valence-corrected chi connectivity index (χ2v) is 6.65. The van der Waals surface area contributed by atoms with Gasteiger partial charge in [0, 0.05) is 24.5 Å². The highest BCUT2D eigenvalue weighted by molar-refractivity contribution is 5.90. The molecular weight excluding hydrogens is 338 g/mol. The van der Waals surface area contributed by atoms with Gasteiger partial charge >= 0.3 is 6.03 Å². The van der Waals surface area contributed by atoms with Gasteiger partial charge < -0.3 is 20.3 Å². The number of rotatable bonds is 8. The van der Waals surface area contributed by atoms with Gasteiger partial charge in [-0.3, -0.25) is 0 Å². The van der Waals surface area contributed by atoms with E-state index in [2.05, 4.69) is 49.3 Å². The Labute approximate surface area is 162 Å². The van der Waals surface area contributed by atoms with Crippen molar-refractivity contribution in [2.75, 3.05) is 36.5 Å². The van der Waals surface area contributed by atoms with Crippen LogP contribution >= 0.6 is 0 Å². The molecule has 5 nitrogen and oxygen atoms in total. The molecule has 0 atom stereocenters. The smallest absolute Gasteiger partial charge is 0.319 e. The summed E-state index contributed by atoms with van der Waals surface area (Å²) in [5.41, 5.74) is 5.47. The molecule has 0 saturated heterocycles. The molecule has 2 amide bonds. The molecule has 5 heteroatoms. The molecule has 0 bridgehead atoms. The molecule has 0 saturated carbocycles. The van der Waals surface area contributed by atoms with Gasteiger partial charge in [0.2, 0.25) is 0 Å². The lowest BCUT2D eigenvalue weighted by Gasteiger charge is -2.22. The van der Waals surface area contributed by atoms with Crippen molar-refractivity contribution >= 4 is 17.4 Å². The molecule has 0 aliphatic carbocycles. The minimum atomic E-state index is -0.225. The van der Waals surface area contributed by atoms with Gasteiger partial charge in [-0.15, -0.1) is 0 Å². The minimum absolute atomic E-state index is 0.225. The second kappa shape index (κ2) is 9.86. The lowest BCUT2D eigenvalue weighted by Crippen LogP contribution is -2.32. The topological polar surface area (TPSA) is 53.6 Å². The monoisotopic (exact) mass is 369 g/mol. The van der Waals surface area contributed by atoms with E-state index in [0.717, 1.165) is 30.1 Å². The molecule has 0 fully saturated rings. The quantitative estimate of drug-likeness (QED) is 0.666. The molecule has 2 N–H and O–H groups in total.